The molecule has 0 bridgehead atoms. The van der Waals surface area contributed by atoms with Crippen LogP contribution in [0.2, 0.25) is 5.02 Å². The van der Waals surface area contributed by atoms with E-state index in [1.165, 1.54) is 0 Å². The predicted molar refractivity (Wildman–Crippen MR) is 125 cm³/mol. The summed E-state index contributed by atoms with van der Waals surface area (Å²) in [6.45, 7) is 9.91. The Bertz CT molecular complexity index is 900. The minimum absolute atomic E-state index is 0.0327. The third-order valence-corrected chi connectivity index (χ3v) is 5.74. The van der Waals surface area contributed by atoms with E-state index in [4.69, 9.17) is 16.3 Å². The molecule has 0 saturated heterocycles. The first-order valence-electron chi connectivity index (χ1n) is 10.8. The molecule has 0 spiro atoms. The number of carbonyl (C=O) groups excluding carboxylic acids is 2. The minimum atomic E-state index is -0.611. The lowest BCUT2D eigenvalue weighted by Crippen LogP contribution is -2.51. The number of aryl methyl sites for hydroxylation is 2. The van der Waals surface area contributed by atoms with E-state index in [1.807, 2.05) is 71.0 Å². The quantitative estimate of drug-likeness (QED) is 0.557. The Morgan fingerprint density at radius 2 is 1.81 bits per heavy atom. The first-order valence-corrected chi connectivity index (χ1v) is 11.2. The second kappa shape index (κ2) is 11.8. The van der Waals surface area contributed by atoms with Gasteiger partial charge in [0.25, 0.3) is 5.91 Å². The third-order valence-electron chi connectivity index (χ3n) is 5.37. The van der Waals surface area contributed by atoms with Crippen molar-refractivity contribution in [1.82, 2.24) is 10.2 Å². The maximum Gasteiger partial charge on any atom is 0.261 e. The van der Waals surface area contributed by atoms with Crippen LogP contribution >= 0.6 is 11.6 Å². The van der Waals surface area contributed by atoms with Crippen LogP contribution in [0.1, 0.15) is 50.3 Å². The van der Waals surface area contributed by atoms with Crippen molar-refractivity contribution in [3.63, 3.8) is 0 Å². The molecule has 0 saturated carbocycles. The van der Waals surface area contributed by atoms with Crippen molar-refractivity contribution in [2.24, 2.45) is 0 Å². The molecule has 2 amide bonds. The summed E-state index contributed by atoms with van der Waals surface area (Å²) in [5.74, 6) is 0.239. The van der Waals surface area contributed by atoms with Gasteiger partial charge in [-0.1, -0.05) is 61.3 Å². The summed E-state index contributed by atoms with van der Waals surface area (Å²) in [5.41, 5.74) is 2.88. The van der Waals surface area contributed by atoms with Crippen molar-refractivity contribution >= 4 is 23.4 Å². The zero-order chi connectivity index (χ0) is 23.0. The molecule has 6 heteroatoms. The number of halogens is 1. The van der Waals surface area contributed by atoms with E-state index in [-0.39, 0.29) is 31.0 Å². The van der Waals surface area contributed by atoms with Crippen LogP contribution in [-0.4, -0.2) is 35.4 Å². The van der Waals surface area contributed by atoms with Crippen LogP contribution in [0.25, 0.3) is 0 Å². The number of nitrogens with zero attached hydrogens (tertiary/aromatic N) is 1. The standard InChI is InChI=1S/C25H33ClN2O3/c1-6-19(5)27-25(30)22(7-2)28(15-20-10-8-9-11-21(20)26)24(29)16-31-23-13-12-17(3)14-18(23)4/h8-14,19,22H,6-7,15-16H2,1-5H3,(H,27,30)/t19-,22+/m0/s1. The van der Waals surface area contributed by atoms with Gasteiger partial charge in [0.15, 0.2) is 6.61 Å². The molecule has 0 radical (unpaired) electrons. The zero-order valence-electron chi connectivity index (χ0n) is 19.1. The molecule has 0 aliphatic carbocycles. The van der Waals surface area contributed by atoms with Gasteiger partial charge in [0.1, 0.15) is 11.8 Å². The van der Waals surface area contributed by atoms with Gasteiger partial charge in [0.05, 0.1) is 0 Å². The molecule has 31 heavy (non-hydrogen) atoms. The Morgan fingerprint density at radius 3 is 2.42 bits per heavy atom. The molecule has 5 nitrogen and oxygen atoms in total. The highest BCUT2D eigenvalue weighted by Gasteiger charge is 2.30. The summed E-state index contributed by atoms with van der Waals surface area (Å²) >= 11 is 6.35. The molecule has 2 rings (SSSR count). The number of rotatable bonds is 10. The summed E-state index contributed by atoms with van der Waals surface area (Å²) < 4.78 is 5.82. The molecule has 2 aromatic rings. The number of carbonyl (C=O) groups is 2. The molecule has 168 valence electrons. The number of hydrogen-bond acceptors (Lipinski definition) is 3. The highest BCUT2D eigenvalue weighted by molar-refractivity contribution is 6.31. The largest absolute Gasteiger partial charge is 0.483 e. The zero-order valence-corrected chi connectivity index (χ0v) is 19.8. The molecule has 2 atom stereocenters. The van der Waals surface area contributed by atoms with Crippen molar-refractivity contribution in [1.29, 1.82) is 0 Å². The number of amides is 2. The second-order valence-electron chi connectivity index (χ2n) is 7.91. The Kier molecular flexibility index (Phi) is 9.38. The average molecular weight is 445 g/mol. The van der Waals surface area contributed by atoms with Gasteiger partial charge in [-0.15, -0.1) is 0 Å². The Labute approximate surface area is 190 Å². The third kappa shape index (κ3) is 7.00. The highest BCUT2D eigenvalue weighted by Crippen LogP contribution is 2.22. The smallest absolute Gasteiger partial charge is 0.261 e. The minimum Gasteiger partial charge on any atom is -0.483 e. The van der Waals surface area contributed by atoms with E-state index in [0.29, 0.717) is 17.2 Å². The number of hydrogen-bond donors (Lipinski definition) is 1. The van der Waals surface area contributed by atoms with E-state index in [1.54, 1.807) is 11.0 Å². The van der Waals surface area contributed by atoms with Gasteiger partial charge in [0.2, 0.25) is 5.91 Å². The molecule has 0 aliphatic rings. The first-order chi connectivity index (χ1) is 14.8. The van der Waals surface area contributed by atoms with Crippen molar-refractivity contribution in [2.75, 3.05) is 6.61 Å². The first kappa shape index (κ1) is 24.7. The fourth-order valence-corrected chi connectivity index (χ4v) is 3.55. The fraction of sp³-hybridized carbons (Fsp3) is 0.440. The number of ether oxygens (including phenoxy) is 1. The lowest BCUT2D eigenvalue weighted by molar-refractivity contribution is -0.143. The van der Waals surface area contributed by atoms with Gasteiger partial charge in [-0.25, -0.2) is 0 Å². The normalized spacial score (nSPS) is 12.7. The van der Waals surface area contributed by atoms with Crippen LogP contribution in [0.3, 0.4) is 0 Å². The summed E-state index contributed by atoms with van der Waals surface area (Å²) in [6.07, 6.45) is 1.30. The molecule has 2 aromatic carbocycles. The molecular weight excluding hydrogens is 412 g/mol. The number of benzene rings is 2. The lowest BCUT2D eigenvalue weighted by Gasteiger charge is -2.31. The maximum atomic E-state index is 13.2. The Morgan fingerprint density at radius 1 is 1.10 bits per heavy atom. The van der Waals surface area contributed by atoms with Crippen LogP contribution in [0, 0.1) is 13.8 Å². The summed E-state index contributed by atoms with van der Waals surface area (Å²) in [6, 6.07) is 12.6. The van der Waals surface area contributed by atoms with Crippen molar-refractivity contribution in [2.45, 2.75) is 66.1 Å². The molecule has 0 fully saturated rings. The van der Waals surface area contributed by atoms with Gasteiger partial charge in [-0.3, -0.25) is 9.59 Å². The van der Waals surface area contributed by atoms with E-state index >= 15 is 0 Å². The van der Waals surface area contributed by atoms with Crippen LogP contribution in [-0.2, 0) is 16.1 Å². The second-order valence-corrected chi connectivity index (χ2v) is 8.32. The lowest BCUT2D eigenvalue weighted by atomic mass is 10.1. The molecular formula is C25H33ClN2O3. The SMILES string of the molecule is CC[C@H](C(=O)N[C@@H](C)CC)N(Cc1ccccc1Cl)C(=O)COc1ccc(C)cc1C. The Balaban J connectivity index is 2.25. The highest BCUT2D eigenvalue weighted by atomic mass is 35.5. The molecule has 0 heterocycles. The van der Waals surface area contributed by atoms with Crippen LogP contribution in [0.15, 0.2) is 42.5 Å². The van der Waals surface area contributed by atoms with Gasteiger partial charge in [-0.05, 0) is 56.9 Å². The molecule has 1 N–H and O–H groups in total. The van der Waals surface area contributed by atoms with E-state index in [0.717, 1.165) is 23.1 Å². The predicted octanol–water partition coefficient (Wildman–Crippen LogP) is 5.06. The van der Waals surface area contributed by atoms with Crippen LogP contribution < -0.4 is 10.1 Å². The summed E-state index contributed by atoms with van der Waals surface area (Å²) in [5, 5.41) is 3.56. The number of nitrogens with one attached hydrogen (secondary N) is 1. The molecule has 0 aliphatic heterocycles. The average Bonchev–Trinajstić information content (AvgIpc) is 2.74. The monoisotopic (exact) mass is 444 g/mol. The maximum absolute atomic E-state index is 13.2. The summed E-state index contributed by atoms with van der Waals surface area (Å²) in [4.78, 5) is 27.8. The van der Waals surface area contributed by atoms with Crippen molar-refractivity contribution in [3.05, 3.63) is 64.2 Å². The summed E-state index contributed by atoms with van der Waals surface area (Å²) in [7, 11) is 0. The van der Waals surface area contributed by atoms with E-state index in [9.17, 15) is 9.59 Å². The van der Waals surface area contributed by atoms with E-state index in [2.05, 4.69) is 5.32 Å². The van der Waals surface area contributed by atoms with Crippen molar-refractivity contribution in [3.8, 4) is 5.75 Å². The van der Waals surface area contributed by atoms with Crippen molar-refractivity contribution < 1.29 is 14.3 Å². The van der Waals surface area contributed by atoms with E-state index < -0.39 is 6.04 Å². The van der Waals surface area contributed by atoms with Gasteiger partial charge in [0, 0.05) is 17.6 Å². The Hall–Kier alpha value is -2.53. The van der Waals surface area contributed by atoms with Crippen LogP contribution in [0.5, 0.6) is 5.75 Å². The topological polar surface area (TPSA) is 58.6 Å². The van der Waals surface area contributed by atoms with Gasteiger partial charge >= 0.3 is 0 Å². The van der Waals surface area contributed by atoms with Crippen LogP contribution in [0.4, 0.5) is 0 Å². The molecule has 0 aromatic heterocycles. The van der Waals surface area contributed by atoms with Gasteiger partial charge < -0.3 is 15.0 Å². The fourth-order valence-electron chi connectivity index (χ4n) is 3.35. The molecule has 0 unspecified atom stereocenters. The van der Waals surface area contributed by atoms with Gasteiger partial charge in [-0.2, -0.15) is 0 Å².